The Bertz CT molecular complexity index is 872. The third kappa shape index (κ3) is 6.35. The van der Waals surface area contributed by atoms with E-state index in [1.54, 1.807) is 0 Å². The lowest BCUT2D eigenvalue weighted by Crippen LogP contribution is -2.19. The Morgan fingerprint density at radius 2 is 1.75 bits per heavy atom. The molecule has 9 heteroatoms. The fourth-order valence-electron chi connectivity index (χ4n) is 2.05. The van der Waals surface area contributed by atoms with Gasteiger partial charge >= 0.3 is 18.1 Å². The van der Waals surface area contributed by atoms with Crippen LogP contribution in [0.2, 0.25) is 0 Å². The largest absolute Gasteiger partial charge is 0.493 e. The molecule has 148 valence electrons. The molecule has 2 aromatic rings. The third-order valence-corrected chi connectivity index (χ3v) is 3.30. The molecule has 0 saturated carbocycles. The summed E-state index contributed by atoms with van der Waals surface area (Å²) in [6, 6.07) is 9.42. The zero-order valence-electron chi connectivity index (χ0n) is 14.5. The number of halogens is 3. The van der Waals surface area contributed by atoms with E-state index in [1.807, 2.05) is 0 Å². The molecular formula is C19H15F3O6. The van der Waals surface area contributed by atoms with Gasteiger partial charge in [-0.05, 0) is 48.0 Å². The maximum absolute atomic E-state index is 12.2. The Morgan fingerprint density at radius 1 is 1.07 bits per heavy atom. The van der Waals surface area contributed by atoms with E-state index in [0.29, 0.717) is 5.56 Å². The van der Waals surface area contributed by atoms with Gasteiger partial charge in [-0.15, -0.1) is 0 Å². The first-order chi connectivity index (χ1) is 13.2. The molecule has 0 radical (unpaired) electrons. The highest BCUT2D eigenvalue weighted by molar-refractivity contribution is 5.91. The van der Waals surface area contributed by atoms with Gasteiger partial charge in [-0.2, -0.15) is 13.2 Å². The number of methoxy groups -OCH3 is 1. The van der Waals surface area contributed by atoms with Crippen LogP contribution in [0.5, 0.6) is 17.2 Å². The number of hydrogen-bond acceptors (Lipinski definition) is 5. The van der Waals surface area contributed by atoms with E-state index in [-0.39, 0.29) is 22.8 Å². The van der Waals surface area contributed by atoms with Gasteiger partial charge in [-0.25, -0.2) is 9.59 Å². The molecule has 0 spiro atoms. The Hall–Kier alpha value is -3.49. The Labute approximate surface area is 157 Å². The summed E-state index contributed by atoms with van der Waals surface area (Å²) in [5.74, 6) is -1.61. The first-order valence-electron chi connectivity index (χ1n) is 7.79. The molecule has 0 bridgehead atoms. The molecule has 0 atom stereocenters. The molecule has 0 aliphatic heterocycles. The molecule has 0 amide bonds. The van der Waals surface area contributed by atoms with Crippen LogP contribution < -0.4 is 14.2 Å². The molecule has 28 heavy (non-hydrogen) atoms. The Balaban J connectivity index is 2.08. The molecule has 0 aliphatic rings. The number of esters is 1. The predicted molar refractivity (Wildman–Crippen MR) is 92.6 cm³/mol. The lowest BCUT2D eigenvalue weighted by atomic mass is 10.2. The standard InChI is InChI=1S/C19H15F3O6/c1-26-16-10-12(3-9-17(23)24)2-8-15(16)28-18(25)13-4-6-14(7-5-13)27-11-19(20,21)22/h2-10H,11H2,1H3,(H,23,24). The second kappa shape index (κ2) is 8.94. The van der Waals surface area contributed by atoms with Gasteiger partial charge in [-0.1, -0.05) is 6.07 Å². The van der Waals surface area contributed by atoms with Crippen molar-refractivity contribution in [3.63, 3.8) is 0 Å². The number of hydrogen-bond donors (Lipinski definition) is 1. The fourth-order valence-corrected chi connectivity index (χ4v) is 2.05. The van der Waals surface area contributed by atoms with Crippen LogP contribution in [-0.2, 0) is 4.79 Å². The molecule has 0 fully saturated rings. The zero-order valence-corrected chi connectivity index (χ0v) is 14.5. The molecule has 0 saturated heterocycles. The molecule has 2 aromatic carbocycles. The maximum atomic E-state index is 12.2. The number of rotatable bonds is 7. The third-order valence-electron chi connectivity index (χ3n) is 3.30. The van der Waals surface area contributed by atoms with Crippen LogP contribution in [0.4, 0.5) is 13.2 Å². The van der Waals surface area contributed by atoms with Crippen molar-refractivity contribution in [2.24, 2.45) is 0 Å². The summed E-state index contributed by atoms with van der Waals surface area (Å²) in [6.07, 6.45) is -2.17. The summed E-state index contributed by atoms with van der Waals surface area (Å²) in [4.78, 5) is 22.8. The summed E-state index contributed by atoms with van der Waals surface area (Å²) in [5, 5.41) is 8.64. The summed E-state index contributed by atoms with van der Waals surface area (Å²) in [6.45, 7) is -1.43. The van der Waals surface area contributed by atoms with Crippen molar-refractivity contribution in [3.8, 4) is 17.2 Å². The van der Waals surface area contributed by atoms with Gasteiger partial charge in [0.05, 0.1) is 12.7 Å². The van der Waals surface area contributed by atoms with Crippen LogP contribution in [0.15, 0.2) is 48.5 Å². The van der Waals surface area contributed by atoms with E-state index in [4.69, 9.17) is 14.6 Å². The van der Waals surface area contributed by atoms with E-state index >= 15 is 0 Å². The summed E-state index contributed by atoms with van der Waals surface area (Å²) >= 11 is 0. The number of carboxylic acid groups (broad SMARTS) is 1. The first-order valence-corrected chi connectivity index (χ1v) is 7.79. The van der Waals surface area contributed by atoms with Gasteiger partial charge in [0.1, 0.15) is 5.75 Å². The van der Waals surface area contributed by atoms with E-state index in [2.05, 4.69) is 4.74 Å². The maximum Gasteiger partial charge on any atom is 0.422 e. The fraction of sp³-hybridized carbons (Fsp3) is 0.158. The number of carbonyl (C=O) groups excluding carboxylic acids is 1. The minimum atomic E-state index is -4.46. The predicted octanol–water partition coefficient (Wildman–Crippen LogP) is 3.95. The van der Waals surface area contributed by atoms with Crippen molar-refractivity contribution in [2.45, 2.75) is 6.18 Å². The topological polar surface area (TPSA) is 82.1 Å². The second-order valence-corrected chi connectivity index (χ2v) is 5.40. The van der Waals surface area contributed by atoms with Crippen LogP contribution in [0.3, 0.4) is 0 Å². The zero-order chi connectivity index (χ0) is 20.7. The minimum absolute atomic E-state index is 0.0407. The SMILES string of the molecule is COc1cc(C=CC(=O)O)ccc1OC(=O)c1ccc(OCC(F)(F)F)cc1. The Kier molecular flexibility index (Phi) is 6.64. The number of alkyl halides is 3. The minimum Gasteiger partial charge on any atom is -0.493 e. The van der Waals surface area contributed by atoms with Crippen molar-refractivity contribution >= 4 is 18.0 Å². The average molecular weight is 396 g/mol. The molecule has 6 nitrogen and oxygen atoms in total. The number of carbonyl (C=O) groups is 2. The average Bonchev–Trinajstić information content (AvgIpc) is 2.65. The number of benzene rings is 2. The molecule has 1 N–H and O–H groups in total. The van der Waals surface area contributed by atoms with Crippen molar-refractivity contribution < 1.29 is 42.1 Å². The van der Waals surface area contributed by atoms with E-state index in [9.17, 15) is 22.8 Å². The smallest absolute Gasteiger partial charge is 0.422 e. The van der Waals surface area contributed by atoms with Gasteiger partial charge in [0.2, 0.25) is 0 Å². The molecule has 0 aliphatic carbocycles. The van der Waals surface area contributed by atoms with Crippen LogP contribution in [-0.4, -0.2) is 36.9 Å². The van der Waals surface area contributed by atoms with E-state index in [0.717, 1.165) is 6.08 Å². The van der Waals surface area contributed by atoms with Crippen LogP contribution in [0, 0.1) is 0 Å². The lowest BCUT2D eigenvalue weighted by molar-refractivity contribution is -0.153. The molecule has 0 aromatic heterocycles. The van der Waals surface area contributed by atoms with Crippen molar-refractivity contribution in [3.05, 3.63) is 59.7 Å². The number of ether oxygens (including phenoxy) is 3. The number of carboxylic acids is 1. The highest BCUT2D eigenvalue weighted by Crippen LogP contribution is 2.29. The highest BCUT2D eigenvalue weighted by atomic mass is 19.4. The van der Waals surface area contributed by atoms with Crippen molar-refractivity contribution in [1.82, 2.24) is 0 Å². The monoisotopic (exact) mass is 396 g/mol. The summed E-state index contributed by atoms with van der Waals surface area (Å²) in [5.41, 5.74) is 0.612. The van der Waals surface area contributed by atoms with E-state index < -0.39 is 24.7 Å². The van der Waals surface area contributed by atoms with Crippen LogP contribution >= 0.6 is 0 Å². The van der Waals surface area contributed by atoms with Gasteiger partial charge in [0.25, 0.3) is 0 Å². The van der Waals surface area contributed by atoms with Crippen LogP contribution in [0.1, 0.15) is 15.9 Å². The molecule has 0 heterocycles. The summed E-state index contributed by atoms with van der Waals surface area (Å²) < 4.78 is 51.3. The number of aliphatic carboxylic acids is 1. The molecule has 0 unspecified atom stereocenters. The van der Waals surface area contributed by atoms with Crippen molar-refractivity contribution in [1.29, 1.82) is 0 Å². The van der Waals surface area contributed by atoms with Gasteiger partial charge in [0.15, 0.2) is 18.1 Å². The van der Waals surface area contributed by atoms with Crippen molar-refractivity contribution in [2.75, 3.05) is 13.7 Å². The molecular weight excluding hydrogens is 381 g/mol. The summed E-state index contributed by atoms with van der Waals surface area (Å²) in [7, 11) is 1.35. The van der Waals surface area contributed by atoms with Gasteiger partial charge < -0.3 is 19.3 Å². The second-order valence-electron chi connectivity index (χ2n) is 5.40. The quantitative estimate of drug-likeness (QED) is 0.434. The Morgan fingerprint density at radius 3 is 2.32 bits per heavy atom. The van der Waals surface area contributed by atoms with E-state index in [1.165, 1.54) is 55.7 Å². The lowest BCUT2D eigenvalue weighted by Gasteiger charge is -2.11. The highest BCUT2D eigenvalue weighted by Gasteiger charge is 2.28. The molecule has 2 rings (SSSR count). The van der Waals surface area contributed by atoms with Gasteiger partial charge in [-0.3, -0.25) is 0 Å². The van der Waals surface area contributed by atoms with Gasteiger partial charge in [0, 0.05) is 6.08 Å². The van der Waals surface area contributed by atoms with Crippen LogP contribution in [0.25, 0.3) is 6.08 Å². The normalized spacial score (nSPS) is 11.3. The first kappa shape index (κ1) is 20.8.